The molecule has 5 N–H and O–H groups in total. The first kappa shape index (κ1) is 14.3. The summed E-state index contributed by atoms with van der Waals surface area (Å²) < 4.78 is 37.9. The average Bonchev–Trinajstić information content (AvgIpc) is 2.31. The molecule has 0 saturated heterocycles. The third-order valence-electron chi connectivity index (χ3n) is 2.75. The predicted octanol–water partition coefficient (Wildman–Crippen LogP) is 3.90. The second-order valence-corrected chi connectivity index (χ2v) is 4.63. The van der Waals surface area contributed by atoms with Crippen LogP contribution in [-0.4, -0.2) is 5.11 Å². The van der Waals surface area contributed by atoms with Crippen molar-refractivity contribution in [1.82, 2.24) is 0 Å². The first-order chi connectivity index (χ1) is 9.20. The summed E-state index contributed by atoms with van der Waals surface area (Å²) in [6.45, 7) is 0. The molecule has 0 aliphatic carbocycles. The number of benzene rings is 2. The van der Waals surface area contributed by atoms with Gasteiger partial charge in [0.2, 0.25) is 0 Å². The van der Waals surface area contributed by atoms with E-state index in [2.05, 4.69) is 0 Å². The summed E-state index contributed by atoms with van der Waals surface area (Å²) in [5.41, 5.74) is 10.3. The third kappa shape index (κ3) is 2.60. The Morgan fingerprint density at radius 1 is 1.00 bits per heavy atom. The Hall–Kier alpha value is -2.08. The number of aromatic hydroxyl groups is 1. The van der Waals surface area contributed by atoms with Gasteiger partial charge in [-0.15, -0.1) is 0 Å². The fourth-order valence-corrected chi connectivity index (χ4v) is 2.04. The first-order valence-corrected chi connectivity index (χ1v) is 5.83. The van der Waals surface area contributed by atoms with Crippen molar-refractivity contribution in [2.75, 3.05) is 11.5 Å². The molecule has 0 amide bonds. The van der Waals surface area contributed by atoms with Crippen LogP contribution in [0.3, 0.4) is 0 Å². The van der Waals surface area contributed by atoms with E-state index >= 15 is 0 Å². The number of nitrogen functional groups attached to an aromatic ring is 2. The molecule has 7 heteroatoms. The Morgan fingerprint density at radius 3 is 2.05 bits per heavy atom. The smallest absolute Gasteiger partial charge is 0.416 e. The van der Waals surface area contributed by atoms with Crippen molar-refractivity contribution in [3.63, 3.8) is 0 Å². The largest absolute Gasteiger partial charge is 0.507 e. The van der Waals surface area contributed by atoms with Gasteiger partial charge >= 0.3 is 6.18 Å². The molecule has 106 valence electrons. The van der Waals surface area contributed by atoms with Crippen LogP contribution < -0.4 is 11.5 Å². The van der Waals surface area contributed by atoms with E-state index in [0.29, 0.717) is 5.02 Å². The fourth-order valence-electron chi connectivity index (χ4n) is 1.87. The van der Waals surface area contributed by atoms with E-state index in [1.165, 1.54) is 18.2 Å². The maximum absolute atomic E-state index is 12.6. The van der Waals surface area contributed by atoms with E-state index in [1.807, 2.05) is 0 Å². The third-order valence-corrected chi connectivity index (χ3v) is 2.99. The van der Waals surface area contributed by atoms with Crippen molar-refractivity contribution in [2.45, 2.75) is 6.18 Å². The molecule has 0 radical (unpaired) electrons. The maximum Gasteiger partial charge on any atom is 0.416 e. The molecule has 0 aromatic heterocycles. The van der Waals surface area contributed by atoms with Crippen molar-refractivity contribution in [3.8, 4) is 16.9 Å². The molecule has 0 heterocycles. The fraction of sp³-hybridized carbons (Fsp3) is 0.0769. The highest BCUT2D eigenvalue weighted by molar-refractivity contribution is 6.31. The minimum absolute atomic E-state index is 0.123. The zero-order valence-electron chi connectivity index (χ0n) is 10.0. The van der Waals surface area contributed by atoms with Gasteiger partial charge in [0.1, 0.15) is 5.75 Å². The van der Waals surface area contributed by atoms with Gasteiger partial charge in [-0.2, -0.15) is 13.2 Å². The van der Waals surface area contributed by atoms with Gasteiger partial charge < -0.3 is 16.6 Å². The number of hydrogen-bond acceptors (Lipinski definition) is 3. The lowest BCUT2D eigenvalue weighted by Gasteiger charge is -2.15. The Bertz CT molecular complexity index is 648. The van der Waals surface area contributed by atoms with Gasteiger partial charge in [0.25, 0.3) is 0 Å². The van der Waals surface area contributed by atoms with Crippen LogP contribution in [0.4, 0.5) is 24.5 Å². The molecule has 0 unspecified atom stereocenters. The lowest BCUT2D eigenvalue weighted by atomic mass is 9.98. The van der Waals surface area contributed by atoms with Crippen LogP contribution >= 0.6 is 11.6 Å². The van der Waals surface area contributed by atoms with Crippen LogP contribution in [0.15, 0.2) is 30.3 Å². The summed E-state index contributed by atoms with van der Waals surface area (Å²) in [4.78, 5) is 0. The average molecular weight is 303 g/mol. The summed E-state index contributed by atoms with van der Waals surface area (Å²) in [5, 5.41) is 10.1. The van der Waals surface area contributed by atoms with Crippen LogP contribution in [0, 0.1) is 0 Å². The predicted molar refractivity (Wildman–Crippen MR) is 72.4 cm³/mol. The minimum atomic E-state index is -4.54. The Morgan fingerprint density at radius 2 is 1.55 bits per heavy atom. The summed E-state index contributed by atoms with van der Waals surface area (Å²) >= 11 is 5.80. The van der Waals surface area contributed by atoms with Gasteiger partial charge in [0, 0.05) is 27.5 Å². The van der Waals surface area contributed by atoms with Gasteiger partial charge in [0.15, 0.2) is 0 Å². The number of hydrogen-bond donors (Lipinski definition) is 3. The highest BCUT2D eigenvalue weighted by Crippen LogP contribution is 2.42. The molecule has 0 aliphatic rings. The molecule has 0 atom stereocenters. The number of phenols is 1. The van der Waals surface area contributed by atoms with Gasteiger partial charge in [-0.1, -0.05) is 11.6 Å². The van der Waals surface area contributed by atoms with Gasteiger partial charge in [-0.25, -0.2) is 0 Å². The molecule has 0 fully saturated rings. The van der Waals surface area contributed by atoms with Crippen molar-refractivity contribution >= 4 is 23.0 Å². The minimum Gasteiger partial charge on any atom is -0.507 e. The normalized spacial score (nSPS) is 11.6. The number of nitrogens with two attached hydrogens (primary N) is 2. The van der Waals surface area contributed by atoms with E-state index in [-0.39, 0.29) is 28.3 Å². The molecule has 2 aromatic rings. The number of halogens is 4. The Kier molecular flexibility index (Phi) is 3.43. The van der Waals surface area contributed by atoms with Crippen LogP contribution in [0.1, 0.15) is 5.56 Å². The van der Waals surface area contributed by atoms with Crippen molar-refractivity contribution < 1.29 is 18.3 Å². The summed E-state index contributed by atoms with van der Waals surface area (Å²) in [6.07, 6.45) is -4.54. The van der Waals surface area contributed by atoms with Crippen LogP contribution in [-0.2, 0) is 6.18 Å². The quantitative estimate of drug-likeness (QED) is 0.700. The van der Waals surface area contributed by atoms with Gasteiger partial charge in [-0.3, -0.25) is 0 Å². The molecule has 0 spiro atoms. The lowest BCUT2D eigenvalue weighted by molar-refractivity contribution is -0.137. The monoisotopic (exact) mass is 302 g/mol. The second-order valence-electron chi connectivity index (χ2n) is 4.19. The van der Waals surface area contributed by atoms with Crippen LogP contribution in [0.5, 0.6) is 5.75 Å². The molecule has 20 heavy (non-hydrogen) atoms. The molecular weight excluding hydrogens is 293 g/mol. The molecule has 0 bridgehead atoms. The zero-order chi connectivity index (χ0) is 15.1. The van der Waals surface area contributed by atoms with Crippen LogP contribution in [0.2, 0.25) is 5.02 Å². The lowest BCUT2D eigenvalue weighted by Crippen LogP contribution is -2.08. The van der Waals surface area contributed by atoms with Gasteiger partial charge in [-0.05, 0) is 30.3 Å². The molecule has 0 saturated carbocycles. The Balaban J connectivity index is 2.67. The number of phenolic OH excluding ortho intramolecular Hbond substituents is 1. The first-order valence-electron chi connectivity index (χ1n) is 5.45. The molecule has 2 rings (SSSR count). The molecular formula is C13H10ClF3N2O. The van der Waals surface area contributed by atoms with Crippen molar-refractivity contribution in [1.29, 1.82) is 0 Å². The van der Waals surface area contributed by atoms with Crippen LogP contribution in [0.25, 0.3) is 11.1 Å². The van der Waals surface area contributed by atoms with Crippen molar-refractivity contribution in [3.05, 3.63) is 40.9 Å². The molecule has 3 nitrogen and oxygen atoms in total. The number of anilines is 2. The SMILES string of the molecule is Nc1cc(C(F)(F)F)cc(N)c1-c1cc(Cl)ccc1O. The zero-order valence-corrected chi connectivity index (χ0v) is 10.8. The summed E-state index contributed by atoms with van der Waals surface area (Å²) in [7, 11) is 0. The van der Waals surface area contributed by atoms with E-state index in [0.717, 1.165) is 12.1 Å². The van der Waals surface area contributed by atoms with Crippen molar-refractivity contribution in [2.24, 2.45) is 0 Å². The number of rotatable bonds is 1. The summed E-state index contributed by atoms with van der Waals surface area (Å²) in [6, 6.07) is 5.68. The highest BCUT2D eigenvalue weighted by atomic mass is 35.5. The second kappa shape index (κ2) is 4.79. The van der Waals surface area contributed by atoms with E-state index in [4.69, 9.17) is 23.1 Å². The highest BCUT2D eigenvalue weighted by Gasteiger charge is 2.32. The van der Waals surface area contributed by atoms with E-state index in [9.17, 15) is 18.3 Å². The molecule has 2 aromatic carbocycles. The van der Waals surface area contributed by atoms with E-state index in [1.54, 1.807) is 0 Å². The Labute approximate surface area is 117 Å². The standard InChI is InChI=1S/C13H10ClF3N2O/c14-7-1-2-11(20)8(5-7)12-9(18)3-6(4-10(12)19)13(15,16)17/h1-5,20H,18-19H2. The topological polar surface area (TPSA) is 72.3 Å². The molecule has 0 aliphatic heterocycles. The summed E-state index contributed by atoms with van der Waals surface area (Å²) in [5.74, 6) is -0.174. The maximum atomic E-state index is 12.6. The number of alkyl halides is 3. The van der Waals surface area contributed by atoms with E-state index < -0.39 is 11.7 Å². The van der Waals surface area contributed by atoms with Gasteiger partial charge in [0.05, 0.1) is 5.56 Å².